The van der Waals surface area contributed by atoms with Crippen molar-refractivity contribution in [2.75, 3.05) is 20.8 Å². The van der Waals surface area contributed by atoms with Gasteiger partial charge in [-0.05, 0) is 31.0 Å². The Morgan fingerprint density at radius 1 is 1.48 bits per heavy atom. The number of hydrogen-bond acceptors (Lipinski definition) is 7. The van der Waals surface area contributed by atoms with Gasteiger partial charge in [-0.3, -0.25) is 10.1 Å². The van der Waals surface area contributed by atoms with Crippen LogP contribution in [0.2, 0.25) is 0 Å². The number of nitrogens with one attached hydrogen (secondary N) is 1. The third-order valence-electron chi connectivity index (χ3n) is 4.17. The van der Waals surface area contributed by atoms with E-state index in [-0.39, 0.29) is 17.2 Å². The molecule has 8 nitrogen and oxygen atoms in total. The summed E-state index contributed by atoms with van der Waals surface area (Å²) in [5, 5.41) is 26.1. The fourth-order valence-corrected chi connectivity index (χ4v) is 3.12. The number of carbonyl (C=O) groups excluding carboxylic acids is 1. The van der Waals surface area contributed by atoms with Gasteiger partial charge in [0.1, 0.15) is 0 Å². The van der Waals surface area contributed by atoms with E-state index in [1.54, 1.807) is 13.0 Å². The highest BCUT2D eigenvalue weighted by Gasteiger charge is 2.38. The third-order valence-corrected chi connectivity index (χ3v) is 4.17. The molecule has 2 atom stereocenters. The quantitative estimate of drug-likeness (QED) is 0.601. The lowest BCUT2D eigenvalue weighted by molar-refractivity contribution is -0.387. The van der Waals surface area contributed by atoms with E-state index in [0.29, 0.717) is 30.5 Å². The molecule has 0 fully saturated rings. The zero-order chi connectivity index (χ0) is 17.1. The van der Waals surface area contributed by atoms with Crippen LogP contribution < -0.4 is 19.9 Å². The van der Waals surface area contributed by atoms with Crippen molar-refractivity contribution in [3.8, 4) is 11.5 Å². The molecule has 1 aliphatic heterocycles. The van der Waals surface area contributed by atoms with Gasteiger partial charge in [0.05, 0.1) is 24.7 Å². The van der Waals surface area contributed by atoms with Gasteiger partial charge in [-0.15, -0.1) is 0 Å². The van der Waals surface area contributed by atoms with E-state index in [0.717, 1.165) is 0 Å². The third kappa shape index (κ3) is 2.94. The molecule has 1 aromatic rings. The van der Waals surface area contributed by atoms with Crippen LogP contribution in [0, 0.1) is 16.0 Å². The first-order chi connectivity index (χ1) is 11.0. The van der Waals surface area contributed by atoms with E-state index >= 15 is 0 Å². The number of fused-ring (bicyclic) bond motifs is 1. The maximum atomic E-state index is 11.6. The lowest BCUT2D eigenvalue weighted by Gasteiger charge is -2.33. The van der Waals surface area contributed by atoms with Crippen molar-refractivity contribution in [1.29, 1.82) is 0 Å². The van der Waals surface area contributed by atoms with Gasteiger partial charge in [-0.25, -0.2) is 0 Å². The molecule has 1 aromatic carbocycles. The number of rotatable bonds is 6. The summed E-state index contributed by atoms with van der Waals surface area (Å²) in [4.78, 5) is 22.5. The second kappa shape index (κ2) is 6.82. The lowest BCUT2D eigenvalue weighted by Crippen LogP contribution is -2.43. The van der Waals surface area contributed by atoms with Crippen molar-refractivity contribution in [2.24, 2.45) is 5.92 Å². The molecule has 1 N–H and O–H groups in total. The molecule has 2 rings (SSSR count). The van der Waals surface area contributed by atoms with Crippen LogP contribution in [0.5, 0.6) is 11.5 Å². The van der Waals surface area contributed by atoms with Crippen molar-refractivity contribution in [3.05, 3.63) is 27.3 Å². The molecule has 126 valence electrons. The van der Waals surface area contributed by atoms with Crippen LogP contribution in [0.15, 0.2) is 6.07 Å². The summed E-state index contributed by atoms with van der Waals surface area (Å²) >= 11 is 0. The van der Waals surface area contributed by atoms with Crippen LogP contribution in [0.25, 0.3) is 0 Å². The maximum Gasteiger partial charge on any atom is 0.319 e. The molecule has 0 saturated carbocycles. The maximum absolute atomic E-state index is 11.6. The van der Waals surface area contributed by atoms with E-state index < -0.39 is 22.9 Å². The minimum absolute atomic E-state index is 0.00171. The minimum Gasteiger partial charge on any atom is -0.550 e. The number of aliphatic carboxylic acids is 1. The molecule has 0 aromatic heterocycles. The molecule has 0 spiro atoms. The van der Waals surface area contributed by atoms with Crippen LogP contribution in [0.3, 0.4) is 0 Å². The van der Waals surface area contributed by atoms with Gasteiger partial charge in [0, 0.05) is 17.9 Å². The SMILES string of the molecule is CCC(C(=O)[O-])C1NCCc2cc(OC)c(OC)c([N+](=O)[O-])c21. The number of ether oxygens (including phenoxy) is 2. The van der Waals surface area contributed by atoms with E-state index in [9.17, 15) is 20.0 Å². The van der Waals surface area contributed by atoms with E-state index in [4.69, 9.17) is 9.47 Å². The van der Waals surface area contributed by atoms with Crippen LogP contribution in [-0.2, 0) is 11.2 Å². The molecule has 1 heterocycles. The summed E-state index contributed by atoms with van der Waals surface area (Å²) in [6.45, 7) is 2.23. The Balaban J connectivity index is 2.73. The number of nitro benzene ring substituents is 1. The Kier molecular flexibility index (Phi) is 5.05. The lowest BCUT2D eigenvalue weighted by atomic mass is 9.83. The number of carboxylic acid groups (broad SMARTS) is 1. The summed E-state index contributed by atoms with van der Waals surface area (Å²) in [7, 11) is 2.72. The Hall–Kier alpha value is -2.35. The molecule has 0 amide bonds. The number of benzene rings is 1. The van der Waals surface area contributed by atoms with Gasteiger partial charge in [0.15, 0.2) is 5.75 Å². The predicted molar refractivity (Wildman–Crippen MR) is 79.4 cm³/mol. The van der Waals surface area contributed by atoms with Gasteiger partial charge in [0.25, 0.3) is 0 Å². The van der Waals surface area contributed by atoms with Crippen LogP contribution in [0.1, 0.15) is 30.5 Å². The molecule has 1 aliphatic rings. The largest absolute Gasteiger partial charge is 0.550 e. The van der Waals surface area contributed by atoms with Gasteiger partial charge in [-0.2, -0.15) is 0 Å². The van der Waals surface area contributed by atoms with Gasteiger partial charge in [-0.1, -0.05) is 6.92 Å². The molecule has 0 bridgehead atoms. The smallest absolute Gasteiger partial charge is 0.319 e. The van der Waals surface area contributed by atoms with Crippen LogP contribution in [0.4, 0.5) is 5.69 Å². The standard InChI is InChI=1S/C15H20N2O6/c1-4-9(15(18)19)12-11-8(5-6-16-12)7-10(22-2)14(23-3)13(11)17(20)21/h7,9,12,16H,4-6H2,1-3H3,(H,18,19)/p-1. The van der Waals surface area contributed by atoms with E-state index in [2.05, 4.69) is 5.32 Å². The topological polar surface area (TPSA) is 114 Å². The summed E-state index contributed by atoms with van der Waals surface area (Å²) < 4.78 is 10.3. The minimum atomic E-state index is -1.23. The molecule has 23 heavy (non-hydrogen) atoms. The van der Waals surface area contributed by atoms with Crippen molar-refractivity contribution in [1.82, 2.24) is 5.32 Å². The van der Waals surface area contributed by atoms with Gasteiger partial charge in [0.2, 0.25) is 5.75 Å². The molecule has 2 unspecified atom stereocenters. The molecule has 0 radical (unpaired) electrons. The highest BCUT2D eigenvalue weighted by atomic mass is 16.6. The zero-order valence-corrected chi connectivity index (χ0v) is 13.3. The summed E-state index contributed by atoms with van der Waals surface area (Å²) in [6, 6.07) is 0.978. The number of nitro groups is 1. The first-order valence-corrected chi connectivity index (χ1v) is 7.32. The van der Waals surface area contributed by atoms with Crippen LogP contribution >= 0.6 is 0 Å². The second-order valence-electron chi connectivity index (χ2n) is 5.31. The molecular formula is C15H19N2O6-. The highest BCUT2D eigenvalue weighted by Crippen LogP contribution is 2.47. The number of methoxy groups -OCH3 is 2. The molecule has 0 aliphatic carbocycles. The average molecular weight is 323 g/mol. The zero-order valence-electron chi connectivity index (χ0n) is 13.3. The van der Waals surface area contributed by atoms with Gasteiger partial charge >= 0.3 is 5.69 Å². The summed E-state index contributed by atoms with van der Waals surface area (Å²) in [5.41, 5.74) is 0.784. The number of carbonyl (C=O) groups is 1. The van der Waals surface area contributed by atoms with E-state index in [1.165, 1.54) is 14.2 Å². The van der Waals surface area contributed by atoms with Crippen LogP contribution in [-0.4, -0.2) is 31.7 Å². The van der Waals surface area contributed by atoms with Crippen molar-refractivity contribution < 1.29 is 24.3 Å². The van der Waals surface area contributed by atoms with Crippen molar-refractivity contribution >= 4 is 11.7 Å². The highest BCUT2D eigenvalue weighted by molar-refractivity contribution is 5.72. The van der Waals surface area contributed by atoms with Crippen molar-refractivity contribution in [3.63, 3.8) is 0 Å². The average Bonchev–Trinajstić information content (AvgIpc) is 2.53. The predicted octanol–water partition coefficient (Wildman–Crippen LogP) is 0.575. The van der Waals surface area contributed by atoms with Crippen molar-refractivity contribution in [2.45, 2.75) is 25.8 Å². The molecular weight excluding hydrogens is 304 g/mol. The number of nitrogens with zero attached hydrogens (tertiary/aromatic N) is 1. The normalized spacial score (nSPS) is 18.0. The Labute approximate surface area is 133 Å². The monoisotopic (exact) mass is 323 g/mol. The fourth-order valence-electron chi connectivity index (χ4n) is 3.12. The number of carboxylic acids is 1. The summed E-state index contributed by atoms with van der Waals surface area (Å²) in [6.07, 6.45) is 0.835. The Morgan fingerprint density at radius 3 is 2.65 bits per heavy atom. The fraction of sp³-hybridized carbons (Fsp3) is 0.533. The number of hydrogen-bond donors (Lipinski definition) is 1. The Bertz CT molecular complexity index is 631. The summed E-state index contributed by atoms with van der Waals surface area (Å²) in [5.74, 6) is -1.84. The first-order valence-electron chi connectivity index (χ1n) is 7.32. The molecule has 0 saturated heterocycles. The Morgan fingerprint density at radius 2 is 2.17 bits per heavy atom. The first kappa shape index (κ1) is 17.0. The second-order valence-corrected chi connectivity index (χ2v) is 5.31. The van der Waals surface area contributed by atoms with E-state index in [1.807, 2.05) is 0 Å². The molecule has 8 heteroatoms. The van der Waals surface area contributed by atoms with Gasteiger partial charge < -0.3 is 24.7 Å².